The third-order valence-electron chi connectivity index (χ3n) is 3.16. The first kappa shape index (κ1) is 16.4. The van der Waals surface area contributed by atoms with Crippen molar-refractivity contribution < 1.29 is 9.18 Å². The van der Waals surface area contributed by atoms with Crippen molar-refractivity contribution in [3.05, 3.63) is 30.1 Å². The van der Waals surface area contributed by atoms with Gasteiger partial charge in [-0.25, -0.2) is 4.39 Å². The first-order valence-corrected chi connectivity index (χ1v) is 7.06. The van der Waals surface area contributed by atoms with Gasteiger partial charge in [0, 0.05) is 18.3 Å². The number of nitrogens with one attached hydrogen (secondary N) is 1. The summed E-state index contributed by atoms with van der Waals surface area (Å²) in [6.45, 7) is 5.37. The predicted octanol–water partition coefficient (Wildman–Crippen LogP) is 1.90. The Balaban J connectivity index is 2.71. The van der Waals surface area contributed by atoms with Crippen molar-refractivity contribution in [2.45, 2.75) is 32.7 Å². The minimum atomic E-state index is -0.303. The predicted molar refractivity (Wildman–Crippen MR) is 80.2 cm³/mol. The van der Waals surface area contributed by atoms with E-state index >= 15 is 0 Å². The number of carbonyl (C=O) groups is 1. The number of carbonyl (C=O) groups excluding carboxylic acids is 1. The number of hydrogen-bond acceptors (Lipinski definition) is 3. The molecule has 3 N–H and O–H groups in total. The lowest BCUT2D eigenvalue weighted by molar-refractivity contribution is -0.120. The van der Waals surface area contributed by atoms with Gasteiger partial charge >= 0.3 is 0 Å². The fourth-order valence-corrected chi connectivity index (χ4v) is 1.85. The van der Waals surface area contributed by atoms with Crippen LogP contribution in [0.4, 0.5) is 10.1 Å². The molecule has 0 aliphatic rings. The summed E-state index contributed by atoms with van der Waals surface area (Å²) >= 11 is 0. The van der Waals surface area contributed by atoms with Crippen LogP contribution in [0, 0.1) is 5.82 Å². The largest absolute Gasteiger partial charge is 0.362 e. The minimum Gasteiger partial charge on any atom is -0.362 e. The van der Waals surface area contributed by atoms with Crippen molar-refractivity contribution in [3.63, 3.8) is 0 Å². The van der Waals surface area contributed by atoms with Crippen LogP contribution >= 0.6 is 0 Å². The van der Waals surface area contributed by atoms with E-state index in [4.69, 9.17) is 5.73 Å². The van der Waals surface area contributed by atoms with Gasteiger partial charge in [0.1, 0.15) is 5.82 Å². The van der Waals surface area contributed by atoms with E-state index in [1.165, 1.54) is 12.1 Å². The molecule has 1 unspecified atom stereocenters. The highest BCUT2D eigenvalue weighted by Gasteiger charge is 2.13. The topological polar surface area (TPSA) is 58.4 Å². The molecule has 1 atom stereocenters. The van der Waals surface area contributed by atoms with E-state index in [2.05, 4.69) is 5.32 Å². The molecule has 5 heteroatoms. The van der Waals surface area contributed by atoms with Crippen LogP contribution in [0.2, 0.25) is 0 Å². The molecule has 1 aromatic carbocycles. The van der Waals surface area contributed by atoms with E-state index < -0.39 is 0 Å². The van der Waals surface area contributed by atoms with Crippen LogP contribution in [0.3, 0.4) is 0 Å². The highest BCUT2D eigenvalue weighted by Crippen LogP contribution is 2.15. The molecule has 1 amide bonds. The number of benzene rings is 1. The van der Waals surface area contributed by atoms with Gasteiger partial charge in [0.05, 0.1) is 6.54 Å². The zero-order valence-electron chi connectivity index (χ0n) is 12.2. The second-order valence-electron chi connectivity index (χ2n) is 4.92. The van der Waals surface area contributed by atoms with Gasteiger partial charge in [-0.3, -0.25) is 4.79 Å². The molecule has 0 spiro atoms. The SMILES string of the molecule is CCC(C)NC(=O)CN(CCCN)c1cccc(F)c1. The summed E-state index contributed by atoms with van der Waals surface area (Å²) in [7, 11) is 0. The Labute approximate surface area is 120 Å². The molecule has 0 aliphatic heterocycles. The second kappa shape index (κ2) is 8.53. The monoisotopic (exact) mass is 281 g/mol. The molecule has 112 valence electrons. The molecule has 0 saturated heterocycles. The van der Waals surface area contributed by atoms with Crippen LogP contribution in [0.5, 0.6) is 0 Å². The Morgan fingerprint density at radius 1 is 1.50 bits per heavy atom. The maximum atomic E-state index is 13.3. The highest BCUT2D eigenvalue weighted by atomic mass is 19.1. The Hall–Kier alpha value is -1.62. The van der Waals surface area contributed by atoms with Gasteiger partial charge < -0.3 is 16.0 Å². The molecule has 0 radical (unpaired) electrons. The average Bonchev–Trinajstić information content (AvgIpc) is 2.43. The van der Waals surface area contributed by atoms with Crippen LogP contribution in [0.1, 0.15) is 26.7 Å². The summed E-state index contributed by atoms with van der Waals surface area (Å²) in [5.74, 6) is -0.358. The van der Waals surface area contributed by atoms with Gasteiger partial charge in [-0.1, -0.05) is 13.0 Å². The maximum Gasteiger partial charge on any atom is 0.239 e. The summed E-state index contributed by atoms with van der Waals surface area (Å²) in [5.41, 5.74) is 6.22. The van der Waals surface area contributed by atoms with Gasteiger partial charge in [-0.05, 0) is 44.5 Å². The van der Waals surface area contributed by atoms with Crippen LogP contribution in [-0.4, -0.2) is 31.6 Å². The van der Waals surface area contributed by atoms with Crippen molar-refractivity contribution in [2.75, 3.05) is 24.5 Å². The van der Waals surface area contributed by atoms with Crippen LogP contribution < -0.4 is 16.0 Å². The van der Waals surface area contributed by atoms with E-state index in [0.717, 1.165) is 12.8 Å². The summed E-state index contributed by atoms with van der Waals surface area (Å²) in [6.07, 6.45) is 1.64. The standard InChI is InChI=1S/C15H24FN3O/c1-3-12(2)18-15(20)11-19(9-5-8-17)14-7-4-6-13(16)10-14/h4,6-7,10,12H,3,5,8-9,11,17H2,1-2H3,(H,18,20). The number of halogens is 1. The molecule has 0 aliphatic carbocycles. The number of nitrogens with two attached hydrogens (primary N) is 1. The zero-order valence-corrected chi connectivity index (χ0v) is 12.2. The Kier molecular flexibility index (Phi) is 7.01. The third-order valence-corrected chi connectivity index (χ3v) is 3.16. The molecule has 20 heavy (non-hydrogen) atoms. The van der Waals surface area contributed by atoms with E-state index in [1.807, 2.05) is 18.7 Å². The average molecular weight is 281 g/mol. The number of hydrogen-bond donors (Lipinski definition) is 2. The van der Waals surface area contributed by atoms with E-state index in [0.29, 0.717) is 18.8 Å². The van der Waals surface area contributed by atoms with Crippen molar-refractivity contribution in [2.24, 2.45) is 5.73 Å². The number of amides is 1. The van der Waals surface area contributed by atoms with Crippen molar-refractivity contribution in [1.29, 1.82) is 0 Å². The van der Waals surface area contributed by atoms with Gasteiger partial charge in [0.25, 0.3) is 0 Å². The Morgan fingerprint density at radius 3 is 2.85 bits per heavy atom. The summed E-state index contributed by atoms with van der Waals surface area (Å²) in [6, 6.07) is 6.42. The lowest BCUT2D eigenvalue weighted by atomic mass is 10.2. The van der Waals surface area contributed by atoms with E-state index in [-0.39, 0.29) is 24.3 Å². The molecular weight excluding hydrogens is 257 g/mol. The van der Waals surface area contributed by atoms with E-state index in [1.54, 1.807) is 12.1 Å². The van der Waals surface area contributed by atoms with Crippen LogP contribution in [0.15, 0.2) is 24.3 Å². The number of rotatable bonds is 8. The van der Waals surface area contributed by atoms with Gasteiger partial charge in [-0.2, -0.15) is 0 Å². The fourth-order valence-electron chi connectivity index (χ4n) is 1.85. The van der Waals surface area contributed by atoms with Crippen molar-refractivity contribution in [3.8, 4) is 0 Å². The molecular formula is C15H24FN3O. The molecule has 0 bridgehead atoms. The Bertz CT molecular complexity index is 425. The zero-order chi connectivity index (χ0) is 15.0. The maximum absolute atomic E-state index is 13.3. The molecule has 1 rings (SSSR count). The minimum absolute atomic E-state index is 0.0550. The summed E-state index contributed by atoms with van der Waals surface area (Å²) in [5, 5.41) is 2.92. The quantitative estimate of drug-likeness (QED) is 0.765. The van der Waals surface area contributed by atoms with Crippen molar-refractivity contribution in [1.82, 2.24) is 5.32 Å². The van der Waals surface area contributed by atoms with Crippen molar-refractivity contribution >= 4 is 11.6 Å². The lowest BCUT2D eigenvalue weighted by Gasteiger charge is -2.25. The normalized spacial score (nSPS) is 12.0. The molecule has 0 saturated carbocycles. The molecule has 0 heterocycles. The number of nitrogens with zero attached hydrogens (tertiary/aromatic N) is 1. The van der Waals surface area contributed by atoms with Crippen LogP contribution in [-0.2, 0) is 4.79 Å². The molecule has 1 aromatic rings. The van der Waals surface area contributed by atoms with Crippen LogP contribution in [0.25, 0.3) is 0 Å². The second-order valence-corrected chi connectivity index (χ2v) is 4.92. The van der Waals surface area contributed by atoms with E-state index in [9.17, 15) is 9.18 Å². The fraction of sp³-hybridized carbons (Fsp3) is 0.533. The smallest absolute Gasteiger partial charge is 0.239 e. The first-order chi connectivity index (χ1) is 9.56. The number of anilines is 1. The lowest BCUT2D eigenvalue weighted by Crippen LogP contribution is -2.41. The molecule has 4 nitrogen and oxygen atoms in total. The van der Waals surface area contributed by atoms with Gasteiger partial charge in [-0.15, -0.1) is 0 Å². The molecule has 0 fully saturated rings. The van der Waals surface area contributed by atoms with Gasteiger partial charge in [0.2, 0.25) is 5.91 Å². The highest BCUT2D eigenvalue weighted by molar-refractivity contribution is 5.81. The van der Waals surface area contributed by atoms with Gasteiger partial charge in [0.15, 0.2) is 0 Å². The molecule has 0 aromatic heterocycles. The summed E-state index contributed by atoms with van der Waals surface area (Å²) < 4.78 is 13.3. The first-order valence-electron chi connectivity index (χ1n) is 7.06. The summed E-state index contributed by atoms with van der Waals surface area (Å²) in [4.78, 5) is 13.8. The third kappa shape index (κ3) is 5.57. The Morgan fingerprint density at radius 2 is 2.25 bits per heavy atom.